The topological polar surface area (TPSA) is 103 Å². The number of sulfonamides is 1. The van der Waals surface area contributed by atoms with Gasteiger partial charge in [-0.2, -0.15) is 8.42 Å². The van der Waals surface area contributed by atoms with Gasteiger partial charge in [0.05, 0.1) is 19.1 Å². The molecule has 0 radical (unpaired) electrons. The lowest BCUT2D eigenvalue weighted by Crippen LogP contribution is -2.24. The first-order valence-corrected chi connectivity index (χ1v) is 9.30. The van der Waals surface area contributed by atoms with Gasteiger partial charge in [-0.1, -0.05) is 0 Å². The van der Waals surface area contributed by atoms with Gasteiger partial charge >= 0.3 is 0 Å². The van der Waals surface area contributed by atoms with Crippen molar-refractivity contribution < 1.29 is 17.9 Å². The lowest BCUT2D eigenvalue weighted by Gasteiger charge is -2.15. The predicted octanol–water partition coefficient (Wildman–Crippen LogP) is 2.74. The number of nitrogens with one attached hydrogen (secondary N) is 1. The van der Waals surface area contributed by atoms with Crippen molar-refractivity contribution in [3.63, 3.8) is 0 Å². The van der Waals surface area contributed by atoms with Crippen molar-refractivity contribution in [1.82, 2.24) is 0 Å². The highest BCUT2D eigenvalue weighted by Gasteiger charge is 2.22. The van der Waals surface area contributed by atoms with Crippen molar-refractivity contribution in [2.75, 3.05) is 19.5 Å². The molecule has 2 rings (SSSR count). The summed E-state index contributed by atoms with van der Waals surface area (Å²) >= 11 is 0. The molecule has 0 saturated carbocycles. The molecule has 0 aliphatic carbocycles. The van der Waals surface area contributed by atoms with Gasteiger partial charge in [0.1, 0.15) is 11.5 Å². The van der Waals surface area contributed by atoms with E-state index in [4.69, 9.17) is 15.2 Å². The van der Waals surface area contributed by atoms with Crippen molar-refractivity contribution in [2.45, 2.75) is 25.7 Å². The van der Waals surface area contributed by atoms with Gasteiger partial charge < -0.3 is 20.5 Å². The maximum absolute atomic E-state index is 12.8. The minimum atomic E-state index is -3.98. The van der Waals surface area contributed by atoms with Crippen LogP contribution in [-0.4, -0.2) is 28.6 Å². The normalized spacial score (nSPS) is 12.0. The fraction of sp³-hybridized carbons (Fsp3) is 0.278. The second kappa shape index (κ2) is 7.65. The number of hydrogen-bond donors (Lipinski definition) is 2. The number of aryl methyl sites for hydroxylation is 1. The zero-order valence-electron chi connectivity index (χ0n) is 15.5. The smallest absolute Gasteiger partial charge is 0.286 e. The van der Waals surface area contributed by atoms with Gasteiger partial charge in [-0.25, -0.2) is 0 Å². The SMILES string of the molecule is COc1ccc(N/C(N)=N/S(=O)(=O)c2c(C)cc(OC)c(C)c2C)cc1. The van der Waals surface area contributed by atoms with Gasteiger partial charge in [-0.15, -0.1) is 4.40 Å². The monoisotopic (exact) mass is 377 g/mol. The Labute approximate surface area is 153 Å². The summed E-state index contributed by atoms with van der Waals surface area (Å²) < 4.78 is 39.6. The number of anilines is 1. The Kier molecular flexibility index (Phi) is 5.76. The highest BCUT2D eigenvalue weighted by atomic mass is 32.2. The van der Waals surface area contributed by atoms with Crippen molar-refractivity contribution in [3.05, 3.63) is 47.0 Å². The Balaban J connectivity index is 2.37. The third-order valence-corrected chi connectivity index (χ3v) is 5.62. The lowest BCUT2D eigenvalue weighted by molar-refractivity contribution is 0.410. The van der Waals surface area contributed by atoms with Crippen LogP contribution in [0.5, 0.6) is 11.5 Å². The number of nitrogens with two attached hydrogens (primary N) is 1. The van der Waals surface area contributed by atoms with Crippen molar-refractivity contribution in [1.29, 1.82) is 0 Å². The molecule has 0 spiro atoms. The van der Waals surface area contributed by atoms with Gasteiger partial charge in [0, 0.05) is 5.69 Å². The van der Waals surface area contributed by atoms with Crippen LogP contribution in [0.15, 0.2) is 39.6 Å². The van der Waals surface area contributed by atoms with E-state index in [2.05, 4.69) is 9.71 Å². The first-order chi connectivity index (χ1) is 12.2. The molecule has 0 saturated heterocycles. The van der Waals surface area contributed by atoms with Crippen LogP contribution in [-0.2, 0) is 10.0 Å². The van der Waals surface area contributed by atoms with Crippen LogP contribution in [0.1, 0.15) is 16.7 Å². The van der Waals surface area contributed by atoms with E-state index >= 15 is 0 Å². The van der Waals surface area contributed by atoms with Crippen LogP contribution >= 0.6 is 0 Å². The Hall–Kier alpha value is -2.74. The molecule has 3 N–H and O–H groups in total. The average Bonchev–Trinajstić information content (AvgIpc) is 2.58. The first-order valence-electron chi connectivity index (χ1n) is 7.86. The van der Waals surface area contributed by atoms with E-state index in [1.165, 1.54) is 0 Å². The highest BCUT2D eigenvalue weighted by molar-refractivity contribution is 7.90. The van der Waals surface area contributed by atoms with Crippen molar-refractivity contribution in [3.8, 4) is 11.5 Å². The van der Waals surface area contributed by atoms with Crippen LogP contribution in [0.3, 0.4) is 0 Å². The zero-order chi connectivity index (χ0) is 19.5. The maximum Gasteiger partial charge on any atom is 0.286 e. The Morgan fingerprint density at radius 1 is 1.04 bits per heavy atom. The minimum Gasteiger partial charge on any atom is -0.497 e. The molecule has 2 aromatic rings. The van der Waals surface area contributed by atoms with E-state index in [0.717, 1.165) is 5.56 Å². The molecule has 26 heavy (non-hydrogen) atoms. The third-order valence-electron chi connectivity index (χ3n) is 4.04. The van der Waals surface area contributed by atoms with E-state index in [1.54, 1.807) is 65.3 Å². The third kappa shape index (κ3) is 4.08. The number of rotatable bonds is 5. The highest BCUT2D eigenvalue weighted by Crippen LogP contribution is 2.31. The molecule has 0 aliphatic heterocycles. The van der Waals surface area contributed by atoms with E-state index in [9.17, 15) is 8.42 Å². The van der Waals surface area contributed by atoms with Crippen LogP contribution < -0.4 is 20.5 Å². The summed E-state index contributed by atoms with van der Waals surface area (Å²) in [6.45, 7) is 5.22. The first kappa shape index (κ1) is 19.6. The summed E-state index contributed by atoms with van der Waals surface area (Å²) in [5.74, 6) is 1.09. The summed E-state index contributed by atoms with van der Waals surface area (Å²) in [6.07, 6.45) is 0. The fourth-order valence-electron chi connectivity index (χ4n) is 2.65. The zero-order valence-corrected chi connectivity index (χ0v) is 16.3. The molecular formula is C18H23N3O4S. The van der Waals surface area contributed by atoms with Crippen LogP contribution in [0.4, 0.5) is 5.69 Å². The van der Waals surface area contributed by atoms with Gasteiger partial charge in [0.25, 0.3) is 10.0 Å². The van der Waals surface area contributed by atoms with Crippen LogP contribution in [0.25, 0.3) is 0 Å². The average molecular weight is 377 g/mol. The summed E-state index contributed by atoms with van der Waals surface area (Å²) in [5.41, 5.74) is 8.27. The molecule has 0 aliphatic rings. The predicted molar refractivity (Wildman–Crippen MR) is 103 cm³/mol. The number of hydrogen-bond acceptors (Lipinski definition) is 4. The molecule has 0 bridgehead atoms. The lowest BCUT2D eigenvalue weighted by atomic mass is 10.1. The Morgan fingerprint density at radius 3 is 2.19 bits per heavy atom. The second-order valence-electron chi connectivity index (χ2n) is 5.78. The second-order valence-corrected chi connectivity index (χ2v) is 7.32. The van der Waals surface area contributed by atoms with E-state index in [0.29, 0.717) is 28.3 Å². The maximum atomic E-state index is 12.8. The molecule has 0 aromatic heterocycles. The molecule has 7 nitrogen and oxygen atoms in total. The van der Waals surface area contributed by atoms with Gasteiger partial charge in [-0.05, 0) is 67.8 Å². The summed E-state index contributed by atoms with van der Waals surface area (Å²) in [4.78, 5) is 0.135. The standard InChI is InChI=1S/C18H23N3O4S/c1-11-10-16(25-5)12(2)13(3)17(11)26(22,23)21-18(19)20-14-6-8-15(24-4)9-7-14/h6-10H,1-5H3,(H3,19,20,21). The molecule has 8 heteroatoms. The number of benzene rings is 2. The summed E-state index contributed by atoms with van der Waals surface area (Å²) in [7, 11) is -0.873. The van der Waals surface area contributed by atoms with E-state index in [1.807, 2.05) is 0 Å². The molecular weight excluding hydrogens is 354 g/mol. The number of methoxy groups -OCH3 is 2. The summed E-state index contributed by atoms with van der Waals surface area (Å²) in [5, 5.41) is 2.76. The van der Waals surface area contributed by atoms with Gasteiger partial charge in [-0.3, -0.25) is 0 Å². The number of guanidine groups is 1. The molecule has 0 heterocycles. The van der Waals surface area contributed by atoms with E-state index in [-0.39, 0.29) is 10.9 Å². The fourth-order valence-corrected chi connectivity index (χ4v) is 4.05. The van der Waals surface area contributed by atoms with Crippen LogP contribution in [0.2, 0.25) is 0 Å². The van der Waals surface area contributed by atoms with Crippen LogP contribution in [0, 0.1) is 20.8 Å². The minimum absolute atomic E-state index is 0.135. The van der Waals surface area contributed by atoms with Gasteiger partial charge in [0.15, 0.2) is 0 Å². The molecule has 140 valence electrons. The molecule has 2 aromatic carbocycles. The van der Waals surface area contributed by atoms with Crippen molar-refractivity contribution >= 4 is 21.7 Å². The molecule has 0 unspecified atom stereocenters. The molecule has 0 amide bonds. The number of ether oxygens (including phenoxy) is 2. The molecule has 0 fully saturated rings. The Morgan fingerprint density at radius 2 is 1.65 bits per heavy atom. The van der Waals surface area contributed by atoms with E-state index < -0.39 is 10.0 Å². The quantitative estimate of drug-likeness (QED) is 0.613. The van der Waals surface area contributed by atoms with Crippen molar-refractivity contribution in [2.24, 2.45) is 10.1 Å². The number of nitrogens with zero attached hydrogens (tertiary/aromatic N) is 1. The van der Waals surface area contributed by atoms with Gasteiger partial charge in [0.2, 0.25) is 5.96 Å². The summed E-state index contributed by atoms with van der Waals surface area (Å²) in [6, 6.07) is 8.55. The largest absolute Gasteiger partial charge is 0.497 e. The molecule has 0 atom stereocenters. The Bertz CT molecular complexity index is 936.